The number of para-hydroxylation sites is 1. The lowest BCUT2D eigenvalue weighted by Gasteiger charge is -2.15. The van der Waals surface area contributed by atoms with E-state index in [1.807, 2.05) is 48.5 Å². The van der Waals surface area contributed by atoms with Crippen molar-refractivity contribution in [3.05, 3.63) is 54.1 Å². The summed E-state index contributed by atoms with van der Waals surface area (Å²) in [5.41, 5.74) is 12.0. The molecule has 0 radical (unpaired) electrons. The number of hydrazine groups is 2. The Morgan fingerprint density at radius 2 is 1.90 bits per heavy atom. The molecule has 3 rings (SSSR count). The SMILES string of the molecule is CC(C)CC(=O)c1ccc(Nc2ccccc2)cc1NCCCCC1=NNNN1. The Bertz CT molecular complexity index is 834. The number of anilines is 3. The third-order valence-corrected chi connectivity index (χ3v) is 4.59. The van der Waals surface area contributed by atoms with Crippen LogP contribution in [0.5, 0.6) is 0 Å². The zero-order chi connectivity index (χ0) is 20.5. The fourth-order valence-corrected chi connectivity index (χ4v) is 3.16. The monoisotopic (exact) mass is 394 g/mol. The number of carbonyl (C=O) groups is 1. The quantitative estimate of drug-likeness (QED) is 0.290. The minimum Gasteiger partial charge on any atom is -0.384 e. The average molecular weight is 395 g/mol. The molecule has 0 atom stereocenters. The lowest BCUT2D eigenvalue weighted by atomic mass is 9.99. The Hall–Kier alpha value is -3.06. The summed E-state index contributed by atoms with van der Waals surface area (Å²) in [5, 5.41) is 10.9. The van der Waals surface area contributed by atoms with Crippen molar-refractivity contribution >= 4 is 28.7 Å². The third-order valence-electron chi connectivity index (χ3n) is 4.59. The van der Waals surface area contributed by atoms with E-state index >= 15 is 0 Å². The zero-order valence-corrected chi connectivity index (χ0v) is 17.1. The van der Waals surface area contributed by atoms with Crippen molar-refractivity contribution in [3.63, 3.8) is 0 Å². The Kier molecular flexibility index (Phi) is 7.47. The molecule has 0 amide bonds. The largest absolute Gasteiger partial charge is 0.384 e. The van der Waals surface area contributed by atoms with Gasteiger partial charge in [-0.1, -0.05) is 32.0 Å². The number of unbranched alkanes of at least 4 members (excludes halogenated alkanes) is 1. The van der Waals surface area contributed by atoms with Gasteiger partial charge < -0.3 is 10.6 Å². The van der Waals surface area contributed by atoms with Gasteiger partial charge in [-0.2, -0.15) is 0 Å². The van der Waals surface area contributed by atoms with Gasteiger partial charge in [0.2, 0.25) is 0 Å². The second-order valence-electron chi connectivity index (χ2n) is 7.58. The Labute approximate surface area is 172 Å². The van der Waals surface area contributed by atoms with Gasteiger partial charge >= 0.3 is 0 Å². The molecule has 2 aromatic rings. The maximum Gasteiger partial charge on any atom is 0.165 e. The molecule has 0 spiro atoms. The molecule has 0 fully saturated rings. The predicted octanol–water partition coefficient (Wildman–Crippen LogP) is 4.17. The molecule has 0 bridgehead atoms. The molecular weight excluding hydrogens is 364 g/mol. The Balaban J connectivity index is 1.64. The van der Waals surface area contributed by atoms with Crippen molar-refractivity contribution < 1.29 is 4.79 Å². The molecule has 1 heterocycles. The van der Waals surface area contributed by atoms with Gasteiger partial charge in [0.25, 0.3) is 0 Å². The first-order valence-corrected chi connectivity index (χ1v) is 10.2. The van der Waals surface area contributed by atoms with Gasteiger partial charge in [-0.25, -0.2) is 5.53 Å². The molecule has 0 saturated carbocycles. The summed E-state index contributed by atoms with van der Waals surface area (Å²) in [6, 6.07) is 15.9. The van der Waals surface area contributed by atoms with Crippen molar-refractivity contribution in [3.8, 4) is 0 Å². The molecule has 7 nitrogen and oxygen atoms in total. The number of ketones is 1. The summed E-state index contributed by atoms with van der Waals surface area (Å²) in [4.78, 5) is 12.7. The molecule has 7 heteroatoms. The number of hydrazone groups is 1. The summed E-state index contributed by atoms with van der Waals surface area (Å²) in [6.07, 6.45) is 3.40. The van der Waals surface area contributed by atoms with Crippen LogP contribution in [0.3, 0.4) is 0 Å². The molecule has 0 saturated heterocycles. The summed E-state index contributed by atoms with van der Waals surface area (Å²) in [7, 11) is 0. The first-order valence-electron chi connectivity index (χ1n) is 10.2. The topological polar surface area (TPSA) is 89.6 Å². The highest BCUT2D eigenvalue weighted by Crippen LogP contribution is 2.26. The lowest BCUT2D eigenvalue weighted by Crippen LogP contribution is -2.34. The summed E-state index contributed by atoms with van der Waals surface area (Å²) < 4.78 is 0. The van der Waals surface area contributed by atoms with Crippen molar-refractivity contribution in [2.75, 3.05) is 17.2 Å². The molecule has 29 heavy (non-hydrogen) atoms. The van der Waals surface area contributed by atoms with E-state index < -0.39 is 0 Å². The average Bonchev–Trinajstić information content (AvgIpc) is 3.21. The molecule has 0 aromatic heterocycles. The van der Waals surface area contributed by atoms with Crippen LogP contribution in [0, 0.1) is 5.92 Å². The number of amidine groups is 1. The predicted molar refractivity (Wildman–Crippen MR) is 119 cm³/mol. The van der Waals surface area contributed by atoms with Crippen molar-refractivity contribution in [1.82, 2.24) is 16.5 Å². The maximum absolute atomic E-state index is 12.7. The van der Waals surface area contributed by atoms with Gasteiger partial charge in [-0.05, 0) is 49.1 Å². The van der Waals surface area contributed by atoms with Gasteiger partial charge in [0.15, 0.2) is 5.78 Å². The Morgan fingerprint density at radius 1 is 1.07 bits per heavy atom. The van der Waals surface area contributed by atoms with Crippen molar-refractivity contribution in [2.24, 2.45) is 11.0 Å². The van der Waals surface area contributed by atoms with E-state index in [9.17, 15) is 4.79 Å². The highest BCUT2D eigenvalue weighted by atomic mass is 16.1. The Morgan fingerprint density at radius 3 is 2.62 bits per heavy atom. The summed E-state index contributed by atoms with van der Waals surface area (Å²) in [6.45, 7) is 4.94. The number of Topliss-reactive ketones (excluding diaryl/α,β-unsaturated/α-hetero) is 1. The molecule has 1 aliphatic rings. The molecule has 0 unspecified atom stereocenters. The highest BCUT2D eigenvalue weighted by molar-refractivity contribution is 6.02. The molecule has 0 aliphatic carbocycles. The second-order valence-corrected chi connectivity index (χ2v) is 7.58. The van der Waals surface area contributed by atoms with Gasteiger partial charge in [0.1, 0.15) is 5.84 Å². The summed E-state index contributed by atoms with van der Waals surface area (Å²) >= 11 is 0. The number of carbonyl (C=O) groups excluding carboxylic acids is 1. The lowest BCUT2D eigenvalue weighted by molar-refractivity contribution is 0.0968. The van der Waals surface area contributed by atoms with Crippen LogP contribution in [0.4, 0.5) is 17.1 Å². The molecular formula is C22H30N6O. The van der Waals surface area contributed by atoms with Crippen LogP contribution in [0.15, 0.2) is 53.6 Å². The van der Waals surface area contributed by atoms with E-state index in [0.717, 1.165) is 54.3 Å². The zero-order valence-electron chi connectivity index (χ0n) is 17.1. The van der Waals surface area contributed by atoms with Crippen LogP contribution in [-0.4, -0.2) is 18.2 Å². The third kappa shape index (κ3) is 6.50. The van der Waals surface area contributed by atoms with E-state index in [4.69, 9.17) is 0 Å². The van der Waals surface area contributed by atoms with Gasteiger partial charge in [0.05, 0.1) is 0 Å². The van der Waals surface area contributed by atoms with Gasteiger partial charge in [-0.15, -0.1) is 10.6 Å². The number of rotatable bonds is 11. The van der Waals surface area contributed by atoms with Crippen LogP contribution in [0.25, 0.3) is 0 Å². The number of nitrogens with one attached hydrogen (secondary N) is 5. The van der Waals surface area contributed by atoms with Gasteiger partial charge in [0, 0.05) is 42.0 Å². The number of nitrogens with zero attached hydrogens (tertiary/aromatic N) is 1. The smallest absolute Gasteiger partial charge is 0.165 e. The van der Waals surface area contributed by atoms with Crippen LogP contribution >= 0.6 is 0 Å². The van der Waals surface area contributed by atoms with E-state index in [0.29, 0.717) is 12.3 Å². The first-order chi connectivity index (χ1) is 14.1. The number of benzene rings is 2. The van der Waals surface area contributed by atoms with E-state index in [-0.39, 0.29) is 5.78 Å². The molecule has 1 aliphatic heterocycles. The standard InChI is InChI=1S/C22H30N6O/c1-16(2)14-21(29)19-12-11-18(24-17-8-4-3-5-9-17)15-20(19)23-13-7-6-10-22-25-27-28-26-22/h3-5,8-9,11-12,15-16,23-24,27-28H,6-7,10,13-14H2,1-2H3,(H,25,26). The minimum absolute atomic E-state index is 0.176. The highest BCUT2D eigenvalue weighted by Gasteiger charge is 2.14. The number of hydrogen-bond donors (Lipinski definition) is 5. The fourth-order valence-electron chi connectivity index (χ4n) is 3.16. The van der Waals surface area contributed by atoms with E-state index in [2.05, 4.69) is 46.1 Å². The fraction of sp³-hybridized carbons (Fsp3) is 0.364. The normalized spacial score (nSPS) is 12.9. The van der Waals surface area contributed by atoms with E-state index in [1.165, 1.54) is 0 Å². The number of hydrogen-bond acceptors (Lipinski definition) is 7. The van der Waals surface area contributed by atoms with E-state index in [1.54, 1.807) is 0 Å². The van der Waals surface area contributed by atoms with Crippen molar-refractivity contribution in [2.45, 2.75) is 39.5 Å². The minimum atomic E-state index is 0.176. The van der Waals surface area contributed by atoms with Crippen LogP contribution < -0.4 is 27.1 Å². The van der Waals surface area contributed by atoms with Crippen molar-refractivity contribution in [1.29, 1.82) is 0 Å². The van der Waals surface area contributed by atoms with Crippen LogP contribution in [0.2, 0.25) is 0 Å². The summed E-state index contributed by atoms with van der Waals surface area (Å²) in [5.74, 6) is 1.42. The first kappa shape index (κ1) is 20.7. The van der Waals surface area contributed by atoms with Crippen LogP contribution in [-0.2, 0) is 0 Å². The molecule has 154 valence electrons. The second kappa shape index (κ2) is 10.5. The van der Waals surface area contributed by atoms with Crippen LogP contribution in [0.1, 0.15) is 49.9 Å². The van der Waals surface area contributed by atoms with Gasteiger partial charge in [-0.3, -0.25) is 10.2 Å². The maximum atomic E-state index is 12.7. The molecule has 2 aromatic carbocycles. The molecule has 5 N–H and O–H groups in total.